The van der Waals surface area contributed by atoms with Gasteiger partial charge in [-0.25, -0.2) is 4.98 Å². The molecule has 5 rings (SSSR count). The van der Waals surface area contributed by atoms with Crippen LogP contribution in [0.15, 0.2) is 55.0 Å². The van der Waals surface area contributed by atoms with Crippen LogP contribution in [0.4, 0.5) is 13.2 Å². The van der Waals surface area contributed by atoms with Crippen molar-refractivity contribution in [2.45, 2.75) is 43.6 Å². The normalized spacial score (nSPS) is 22.7. The van der Waals surface area contributed by atoms with Crippen LogP contribution >= 0.6 is 0 Å². The molecule has 0 aliphatic carbocycles. The number of nitrogens with zero attached hydrogens (tertiary/aromatic N) is 5. The van der Waals surface area contributed by atoms with Crippen molar-refractivity contribution in [3.8, 4) is 11.6 Å². The summed E-state index contributed by atoms with van der Waals surface area (Å²) < 4.78 is 44.1. The molecule has 3 aromatic rings. The minimum absolute atomic E-state index is 0.00980. The predicted molar refractivity (Wildman–Crippen MR) is 103 cm³/mol. The highest BCUT2D eigenvalue weighted by molar-refractivity contribution is 5.98. The molecular formula is C21H18F3N5O2. The highest BCUT2D eigenvalue weighted by Gasteiger charge is 2.50. The number of para-hydroxylation sites is 1. The summed E-state index contributed by atoms with van der Waals surface area (Å²) in [6.07, 6.45) is 1.33. The summed E-state index contributed by atoms with van der Waals surface area (Å²) in [6.45, 7) is 0. The van der Waals surface area contributed by atoms with E-state index in [1.165, 1.54) is 10.9 Å². The maximum atomic E-state index is 13.4. The first-order valence-electron chi connectivity index (χ1n) is 9.90. The number of hydrogen-bond acceptors (Lipinski definition) is 5. The van der Waals surface area contributed by atoms with Gasteiger partial charge in [0.15, 0.2) is 0 Å². The summed E-state index contributed by atoms with van der Waals surface area (Å²) in [5.74, 6) is -0.00836. The first kappa shape index (κ1) is 19.5. The first-order chi connectivity index (χ1) is 14.9. The average Bonchev–Trinajstić information content (AvgIpc) is 3.50. The molecule has 0 unspecified atom stereocenters. The van der Waals surface area contributed by atoms with Gasteiger partial charge in [-0.15, -0.1) is 0 Å². The standard InChI is InChI=1S/C21H18F3N5O2/c22-21(23,24)13-5-8-19(25-12-13)31-18-11-14-6-7-17(18)28(14)20(30)15-3-1-2-4-16(15)29-26-9-10-27-29/h1-5,8-10,12,14,17-18H,6-7,11H2/t14-,17+,18-/m1/s1. The van der Waals surface area contributed by atoms with Crippen LogP contribution in [0, 0.1) is 0 Å². The smallest absolute Gasteiger partial charge is 0.417 e. The molecule has 4 heterocycles. The van der Waals surface area contributed by atoms with E-state index in [2.05, 4.69) is 15.2 Å². The van der Waals surface area contributed by atoms with E-state index in [1.807, 2.05) is 11.0 Å². The highest BCUT2D eigenvalue weighted by Crippen LogP contribution is 2.41. The van der Waals surface area contributed by atoms with Crippen molar-refractivity contribution in [1.82, 2.24) is 24.9 Å². The van der Waals surface area contributed by atoms with E-state index >= 15 is 0 Å². The Kier molecular flexibility index (Phi) is 4.64. The van der Waals surface area contributed by atoms with E-state index in [-0.39, 0.29) is 30.0 Å². The lowest BCUT2D eigenvalue weighted by molar-refractivity contribution is -0.137. The Bertz CT molecular complexity index is 1090. The molecule has 1 amide bonds. The average molecular weight is 429 g/mol. The summed E-state index contributed by atoms with van der Waals surface area (Å²) in [7, 11) is 0. The van der Waals surface area contributed by atoms with Crippen molar-refractivity contribution in [2.24, 2.45) is 0 Å². The van der Waals surface area contributed by atoms with Crippen LogP contribution in [-0.2, 0) is 6.18 Å². The summed E-state index contributed by atoms with van der Waals surface area (Å²) in [6, 6.07) is 9.15. The van der Waals surface area contributed by atoms with E-state index in [1.54, 1.807) is 30.6 Å². The quantitative estimate of drug-likeness (QED) is 0.635. The molecule has 0 radical (unpaired) electrons. The summed E-state index contributed by atoms with van der Waals surface area (Å²) in [5.41, 5.74) is 0.253. The number of aromatic nitrogens is 4. The van der Waals surface area contributed by atoms with Gasteiger partial charge in [0.2, 0.25) is 5.88 Å². The highest BCUT2D eigenvalue weighted by atomic mass is 19.4. The molecule has 0 saturated carbocycles. The molecule has 3 atom stereocenters. The third kappa shape index (κ3) is 3.51. The lowest BCUT2D eigenvalue weighted by Crippen LogP contribution is -2.39. The van der Waals surface area contributed by atoms with E-state index in [9.17, 15) is 18.0 Å². The number of amides is 1. The summed E-state index contributed by atoms with van der Waals surface area (Å²) in [5, 5.41) is 8.25. The third-order valence-corrected chi connectivity index (χ3v) is 5.82. The summed E-state index contributed by atoms with van der Waals surface area (Å²) >= 11 is 0. The zero-order chi connectivity index (χ0) is 21.6. The summed E-state index contributed by atoms with van der Waals surface area (Å²) in [4.78, 5) is 20.5. The lowest BCUT2D eigenvalue weighted by atomic mass is 9.98. The molecule has 2 aliphatic heterocycles. The SMILES string of the molecule is O=C(c1ccccc1-n1nccn1)N1[C@@H]2CC[C@H]1[C@H](Oc1ccc(C(F)(F)F)cn1)C2. The van der Waals surface area contributed by atoms with Crippen LogP contribution in [0.2, 0.25) is 0 Å². The second kappa shape index (κ2) is 7.36. The predicted octanol–water partition coefficient (Wildman–Crippen LogP) is 3.51. The van der Waals surface area contributed by atoms with E-state index < -0.39 is 11.7 Å². The molecule has 0 N–H and O–H groups in total. The minimum Gasteiger partial charge on any atom is -0.472 e. The van der Waals surface area contributed by atoms with Gasteiger partial charge in [-0.1, -0.05) is 12.1 Å². The van der Waals surface area contributed by atoms with Gasteiger partial charge in [0.05, 0.1) is 35.2 Å². The van der Waals surface area contributed by atoms with Gasteiger partial charge in [0.1, 0.15) is 6.10 Å². The molecule has 7 nitrogen and oxygen atoms in total. The number of rotatable bonds is 4. The largest absolute Gasteiger partial charge is 0.472 e. The minimum atomic E-state index is -4.45. The Labute approximate surface area is 175 Å². The van der Waals surface area contributed by atoms with E-state index in [4.69, 9.17) is 4.74 Å². The van der Waals surface area contributed by atoms with E-state index in [0.717, 1.165) is 25.1 Å². The molecular weight excluding hydrogens is 411 g/mol. The van der Waals surface area contributed by atoms with Gasteiger partial charge in [0, 0.05) is 24.7 Å². The van der Waals surface area contributed by atoms with Crippen LogP contribution in [0.5, 0.6) is 5.88 Å². The van der Waals surface area contributed by atoms with Crippen molar-refractivity contribution in [1.29, 1.82) is 0 Å². The number of carbonyl (C=O) groups excluding carboxylic acids is 1. The number of hydrogen-bond donors (Lipinski definition) is 0. The second-order valence-electron chi connectivity index (χ2n) is 7.62. The van der Waals surface area contributed by atoms with Gasteiger partial charge >= 0.3 is 6.18 Å². The zero-order valence-corrected chi connectivity index (χ0v) is 16.2. The molecule has 10 heteroatoms. The van der Waals surface area contributed by atoms with Crippen LogP contribution in [-0.4, -0.2) is 49.0 Å². The van der Waals surface area contributed by atoms with Gasteiger partial charge in [-0.3, -0.25) is 4.79 Å². The maximum absolute atomic E-state index is 13.4. The fourth-order valence-electron chi connectivity index (χ4n) is 4.46. The molecule has 0 spiro atoms. The Morgan fingerprint density at radius 1 is 1.06 bits per heavy atom. The maximum Gasteiger partial charge on any atom is 0.417 e. The molecule has 2 saturated heterocycles. The molecule has 2 fully saturated rings. The number of alkyl halides is 3. The van der Waals surface area contributed by atoms with Crippen molar-refractivity contribution in [2.75, 3.05) is 0 Å². The fourth-order valence-corrected chi connectivity index (χ4v) is 4.46. The van der Waals surface area contributed by atoms with Crippen molar-refractivity contribution >= 4 is 5.91 Å². The Morgan fingerprint density at radius 2 is 1.84 bits per heavy atom. The number of ether oxygens (including phenoxy) is 1. The lowest BCUT2D eigenvalue weighted by Gasteiger charge is -2.25. The first-order valence-corrected chi connectivity index (χ1v) is 9.90. The third-order valence-electron chi connectivity index (χ3n) is 5.82. The van der Waals surface area contributed by atoms with E-state index in [0.29, 0.717) is 17.7 Å². The number of halogens is 3. The number of fused-ring (bicyclic) bond motifs is 2. The Morgan fingerprint density at radius 3 is 2.55 bits per heavy atom. The molecule has 2 aliphatic rings. The molecule has 160 valence electrons. The van der Waals surface area contributed by atoms with Gasteiger partial charge < -0.3 is 9.64 Å². The van der Waals surface area contributed by atoms with Crippen LogP contribution in [0.1, 0.15) is 35.2 Å². The number of carbonyl (C=O) groups is 1. The van der Waals surface area contributed by atoms with Crippen LogP contribution < -0.4 is 4.74 Å². The zero-order valence-electron chi connectivity index (χ0n) is 16.2. The van der Waals surface area contributed by atoms with Gasteiger partial charge in [0.25, 0.3) is 5.91 Å². The Balaban J connectivity index is 1.36. The van der Waals surface area contributed by atoms with Crippen molar-refractivity contribution in [3.05, 3.63) is 66.1 Å². The molecule has 31 heavy (non-hydrogen) atoms. The van der Waals surface area contributed by atoms with Crippen molar-refractivity contribution < 1.29 is 22.7 Å². The van der Waals surface area contributed by atoms with Crippen LogP contribution in [0.3, 0.4) is 0 Å². The fraction of sp³-hybridized carbons (Fsp3) is 0.333. The monoisotopic (exact) mass is 429 g/mol. The molecule has 1 aromatic carbocycles. The second-order valence-corrected chi connectivity index (χ2v) is 7.62. The van der Waals surface area contributed by atoms with Gasteiger partial charge in [-0.05, 0) is 31.0 Å². The molecule has 2 bridgehead atoms. The number of benzene rings is 1. The van der Waals surface area contributed by atoms with Crippen LogP contribution in [0.25, 0.3) is 5.69 Å². The molecule has 2 aromatic heterocycles. The van der Waals surface area contributed by atoms with Crippen molar-refractivity contribution in [3.63, 3.8) is 0 Å². The number of pyridine rings is 1. The topological polar surface area (TPSA) is 73.1 Å². The van der Waals surface area contributed by atoms with Gasteiger partial charge in [-0.2, -0.15) is 28.2 Å². The Hall–Kier alpha value is -3.43.